The number of nitrogens with two attached hydrogens (primary N) is 1. The number of hydrogen-bond acceptors (Lipinski definition) is 18. The first-order valence-corrected chi connectivity index (χ1v) is 23.2. The highest BCUT2D eigenvalue weighted by Crippen LogP contribution is 2.01. The van der Waals surface area contributed by atoms with Crippen molar-refractivity contribution in [1.82, 2.24) is 10.6 Å². The van der Waals surface area contributed by atoms with Gasteiger partial charge in [0.1, 0.15) is 39.6 Å². The van der Waals surface area contributed by atoms with Gasteiger partial charge in [0.05, 0.1) is 18.6 Å². The van der Waals surface area contributed by atoms with E-state index in [9.17, 15) is 38.4 Å². The van der Waals surface area contributed by atoms with E-state index in [-0.39, 0.29) is 82.5 Å². The number of alkyl carbamates (subject to hydrolysis) is 2. The number of alkyl halides is 2. The second-order valence-corrected chi connectivity index (χ2v) is 14.2. The predicted molar refractivity (Wildman–Crippen MR) is 278 cm³/mol. The van der Waals surface area contributed by atoms with Gasteiger partial charge in [0.2, 0.25) is 0 Å². The van der Waals surface area contributed by atoms with Crippen molar-refractivity contribution in [2.24, 2.45) is 5.73 Å². The molecule has 420 valence electrons. The number of ether oxygens (including phenoxy) is 7. The van der Waals surface area contributed by atoms with Gasteiger partial charge in [-0.05, 0) is 59.9 Å². The number of carboxylic acids is 1. The van der Waals surface area contributed by atoms with Crippen molar-refractivity contribution in [1.29, 1.82) is 0 Å². The Balaban J connectivity index is -0.0000000914. The highest BCUT2D eigenvalue weighted by molar-refractivity contribution is 6.40. The monoisotopic (exact) mass is 1070 g/mol. The molecule has 0 radical (unpaired) electrons. The second kappa shape index (κ2) is 69.0. The second-order valence-electron chi connectivity index (χ2n) is 13.4. The van der Waals surface area contributed by atoms with Crippen LogP contribution < -0.4 is 16.4 Å². The predicted octanol–water partition coefficient (Wildman–Crippen LogP) is 8.69. The Labute approximate surface area is 434 Å². The summed E-state index contributed by atoms with van der Waals surface area (Å²) in [5, 5.41) is 29.7. The van der Waals surface area contributed by atoms with Gasteiger partial charge < -0.3 is 64.8 Å². The van der Waals surface area contributed by atoms with E-state index in [0.29, 0.717) is 38.3 Å². The fourth-order valence-corrected chi connectivity index (χ4v) is 2.87. The van der Waals surface area contributed by atoms with E-state index < -0.39 is 42.2 Å². The summed E-state index contributed by atoms with van der Waals surface area (Å²) in [5.41, 5.74) is 6.05. The van der Waals surface area contributed by atoms with E-state index in [1.54, 1.807) is 6.92 Å². The van der Waals surface area contributed by atoms with Crippen molar-refractivity contribution in [2.45, 2.75) is 134 Å². The van der Waals surface area contributed by atoms with E-state index in [4.69, 9.17) is 53.7 Å². The topological polar surface area (TPSA) is 312 Å². The molecule has 0 aliphatic carbocycles. The van der Waals surface area contributed by atoms with Crippen LogP contribution in [0.3, 0.4) is 0 Å². The van der Waals surface area contributed by atoms with Gasteiger partial charge >= 0.3 is 48.2 Å². The number of nitrogens with one attached hydrogen (secondary N) is 2. The minimum atomic E-state index is -0.935. The lowest BCUT2D eigenvalue weighted by Crippen LogP contribution is -2.26. The highest BCUT2D eigenvalue weighted by atomic mass is 35.5. The molecule has 2 amide bonds. The summed E-state index contributed by atoms with van der Waals surface area (Å²) < 4.78 is 31.6. The Kier molecular flexibility index (Phi) is 83.3. The lowest BCUT2D eigenvalue weighted by molar-refractivity contribution is -0.154. The summed E-state index contributed by atoms with van der Waals surface area (Å²) in [6.45, 7) is 30.5. The van der Waals surface area contributed by atoms with E-state index in [0.717, 1.165) is 51.5 Å². The standard InChI is InChI=1S/C12H20O4.C8H10O3.2C7H15NO3.C4H11N.C4H6O2.C3H4O3.CH2Cl2.2CH4/c1-4-5-6-7-11(13)15-8-9-16-12(14)10(2)3;1-5(2)7(9)11-8(10)6(3)4;2*1-2-3-4-8-7(10)11-6-5-9;1-2-3-4-5;1-3(2)4(5)6;4-3-5-1-2-6-3;2-1-3;;/h2,4-9H2,1,3H3;1,3H2,2,4H3;2*9H,2-6H2,1H3,(H,8,10);2-5H2,1H3;1H2,2H3,(H,5,6);1-2H2;1H2;2*1H4. The summed E-state index contributed by atoms with van der Waals surface area (Å²) in [6, 6.07) is 0. The van der Waals surface area contributed by atoms with E-state index in [1.165, 1.54) is 33.6 Å². The lowest BCUT2D eigenvalue weighted by Gasteiger charge is -2.05. The van der Waals surface area contributed by atoms with E-state index in [1.807, 2.05) is 13.8 Å². The normalized spacial score (nSPS) is 9.51. The molecule has 1 heterocycles. The number of carbonyl (C=O) groups is 8. The number of rotatable bonds is 23. The molecule has 0 aromatic rings. The first-order chi connectivity index (χ1) is 32.5. The van der Waals surface area contributed by atoms with Crippen LogP contribution in [-0.4, -0.2) is 141 Å². The lowest BCUT2D eigenvalue weighted by atomic mass is 10.2. The van der Waals surface area contributed by atoms with Crippen molar-refractivity contribution in [3.63, 3.8) is 0 Å². The SMILES string of the molecule is C.C.C=C(C)C(=O)O.C=C(C)C(=O)OC(=O)C(=C)C.C=C(C)C(=O)OCCOC(=O)CCCCC.CCCCN.CCCCNC(=O)OCCO.CCCCNC(=O)OCCO.ClCCl.O=C1OCCO1. The Morgan fingerprint density at radius 2 is 0.944 bits per heavy atom. The third kappa shape index (κ3) is 88.3. The molecule has 1 fully saturated rings. The van der Waals surface area contributed by atoms with Crippen LogP contribution in [-0.2, 0) is 57.1 Å². The first kappa shape index (κ1) is 85.6. The molecule has 1 aliphatic heterocycles. The van der Waals surface area contributed by atoms with E-state index >= 15 is 0 Å². The molecule has 71 heavy (non-hydrogen) atoms. The van der Waals surface area contributed by atoms with Gasteiger partial charge in [-0.15, -0.1) is 23.2 Å². The number of unbranched alkanes of at least 4 members (excludes halogenated alkanes) is 5. The van der Waals surface area contributed by atoms with Gasteiger partial charge in [-0.2, -0.15) is 0 Å². The van der Waals surface area contributed by atoms with Crippen molar-refractivity contribution in [3.05, 3.63) is 48.6 Å². The Morgan fingerprint density at radius 1 is 0.592 bits per heavy atom. The number of carbonyl (C=O) groups excluding carboxylic acids is 7. The van der Waals surface area contributed by atoms with Crippen LogP contribution in [0.1, 0.15) is 134 Å². The number of aliphatic carboxylic acids is 1. The van der Waals surface area contributed by atoms with E-state index in [2.05, 4.69) is 74.5 Å². The van der Waals surface area contributed by atoms with Gasteiger partial charge in [-0.1, -0.05) is 101 Å². The molecular weight excluding hydrogens is 977 g/mol. The van der Waals surface area contributed by atoms with Crippen LogP contribution in [0.2, 0.25) is 0 Å². The first-order valence-electron chi connectivity index (χ1n) is 22.1. The Hall–Kier alpha value is -5.22. The highest BCUT2D eigenvalue weighted by Gasteiger charge is 2.11. The maximum atomic E-state index is 11.1. The molecule has 1 aliphatic rings. The van der Waals surface area contributed by atoms with Crippen LogP contribution in [0.25, 0.3) is 0 Å². The number of hydrogen-bond donors (Lipinski definition) is 6. The quantitative estimate of drug-likeness (QED) is 0.0139. The minimum Gasteiger partial charge on any atom is -0.478 e. The van der Waals surface area contributed by atoms with Gasteiger partial charge in [-0.25, -0.2) is 33.6 Å². The maximum Gasteiger partial charge on any atom is 0.508 e. The van der Waals surface area contributed by atoms with Gasteiger partial charge in [0.25, 0.3) is 0 Å². The molecule has 23 heteroatoms. The third-order valence-corrected chi connectivity index (χ3v) is 6.49. The molecule has 1 saturated heterocycles. The molecule has 0 atom stereocenters. The summed E-state index contributed by atoms with van der Waals surface area (Å²) in [4.78, 5) is 84.1. The number of cyclic esters (lactones) is 2. The molecule has 1 rings (SSSR count). The Bertz CT molecular complexity index is 1340. The third-order valence-electron chi connectivity index (χ3n) is 6.49. The van der Waals surface area contributed by atoms with Gasteiger partial charge in [0.15, 0.2) is 0 Å². The van der Waals surface area contributed by atoms with Gasteiger partial charge in [0, 0.05) is 41.8 Å². The molecule has 0 aromatic heterocycles. The molecule has 0 aromatic carbocycles. The molecule has 0 saturated carbocycles. The molecule has 0 spiro atoms. The van der Waals surface area contributed by atoms with Crippen LogP contribution in [0.15, 0.2) is 48.6 Å². The zero-order chi connectivity index (χ0) is 54.8. The van der Waals surface area contributed by atoms with Gasteiger partial charge in [-0.3, -0.25) is 4.79 Å². The number of aliphatic hydroxyl groups is 2. The zero-order valence-corrected chi connectivity index (χ0v) is 43.7. The number of aliphatic hydroxyl groups excluding tert-OH is 2. The van der Waals surface area contributed by atoms with Crippen molar-refractivity contribution < 1.29 is 86.8 Å². The van der Waals surface area contributed by atoms with Crippen LogP contribution in [0, 0.1) is 0 Å². The number of halogens is 2. The minimum absolute atomic E-state index is 0. The molecular formula is C48H91Cl2N3O18. The Morgan fingerprint density at radius 3 is 1.20 bits per heavy atom. The number of esters is 4. The summed E-state index contributed by atoms with van der Waals surface area (Å²) in [7, 11) is 0. The zero-order valence-electron chi connectivity index (χ0n) is 42.2. The maximum absolute atomic E-state index is 11.1. The summed E-state index contributed by atoms with van der Waals surface area (Å²) in [5.74, 6) is -3.05. The van der Waals surface area contributed by atoms with Crippen LogP contribution >= 0.6 is 23.2 Å². The van der Waals surface area contributed by atoms with Crippen molar-refractivity contribution in [2.75, 3.05) is 77.8 Å². The smallest absolute Gasteiger partial charge is 0.478 e. The molecule has 21 nitrogen and oxygen atoms in total. The van der Waals surface area contributed by atoms with Crippen LogP contribution in [0.5, 0.6) is 0 Å². The average Bonchev–Trinajstić information content (AvgIpc) is 3.79. The number of carboxylic acid groups (broad SMARTS) is 1. The molecule has 7 N–H and O–H groups in total. The summed E-state index contributed by atoms with van der Waals surface area (Å²) >= 11 is 9.53. The molecule has 0 unspecified atom stereocenters. The van der Waals surface area contributed by atoms with Crippen LogP contribution in [0.4, 0.5) is 14.4 Å². The average molecular weight is 1070 g/mol. The fraction of sp³-hybridized carbons (Fsp3) is 0.667. The largest absolute Gasteiger partial charge is 0.508 e. The fourth-order valence-electron chi connectivity index (χ4n) is 2.87. The number of amides is 2. The van der Waals surface area contributed by atoms with Crippen molar-refractivity contribution in [3.8, 4) is 0 Å². The summed E-state index contributed by atoms with van der Waals surface area (Å²) in [6.07, 6.45) is 8.31. The van der Waals surface area contributed by atoms with Crippen molar-refractivity contribution >= 4 is 71.4 Å². The molecule has 0 bridgehead atoms.